The number of carbonyl (C=O) groups is 1. The third-order valence-corrected chi connectivity index (χ3v) is 2.84. The highest BCUT2D eigenvalue weighted by atomic mass is 19.4. The molecule has 1 amide bonds. The van der Waals surface area contributed by atoms with Crippen LogP contribution >= 0.6 is 0 Å². The Kier molecular flexibility index (Phi) is 6.01. The van der Waals surface area contributed by atoms with E-state index in [1.165, 1.54) is 12.1 Å². The summed E-state index contributed by atoms with van der Waals surface area (Å²) in [5.74, 6) is -0.0881. The average Bonchev–Trinajstić information content (AvgIpc) is 2.35. The zero-order valence-electron chi connectivity index (χ0n) is 11.3. The van der Waals surface area contributed by atoms with Crippen molar-refractivity contribution in [2.75, 3.05) is 6.54 Å². The Balaban J connectivity index is 2.50. The molecule has 1 aromatic carbocycles. The lowest BCUT2D eigenvalue weighted by molar-refractivity contribution is -0.137. The van der Waals surface area contributed by atoms with Crippen molar-refractivity contribution in [3.63, 3.8) is 0 Å². The van der Waals surface area contributed by atoms with Gasteiger partial charge in [0.2, 0.25) is 5.91 Å². The lowest BCUT2D eigenvalue weighted by Crippen LogP contribution is -2.34. The fourth-order valence-electron chi connectivity index (χ4n) is 1.84. The molecule has 1 rings (SSSR count). The smallest absolute Gasteiger partial charge is 0.353 e. The molecule has 112 valence electrons. The first kappa shape index (κ1) is 16.5. The molecule has 3 N–H and O–H groups in total. The van der Waals surface area contributed by atoms with Crippen LogP contribution in [0.15, 0.2) is 24.3 Å². The minimum atomic E-state index is -4.32. The van der Waals surface area contributed by atoms with Crippen molar-refractivity contribution in [2.45, 2.75) is 38.4 Å². The molecular weight excluding hydrogens is 269 g/mol. The molecule has 0 spiro atoms. The average molecular weight is 288 g/mol. The molecule has 0 saturated carbocycles. The lowest BCUT2D eigenvalue weighted by Gasteiger charge is -2.14. The van der Waals surface area contributed by atoms with Crippen LogP contribution in [-0.4, -0.2) is 18.5 Å². The molecule has 0 radical (unpaired) electrons. The molecule has 0 aliphatic heterocycles. The van der Waals surface area contributed by atoms with Crippen molar-refractivity contribution in [3.05, 3.63) is 35.4 Å². The van der Waals surface area contributed by atoms with E-state index in [4.69, 9.17) is 5.73 Å². The fourth-order valence-corrected chi connectivity index (χ4v) is 1.84. The van der Waals surface area contributed by atoms with E-state index < -0.39 is 11.7 Å². The number of hydrogen-bond acceptors (Lipinski definition) is 2. The van der Waals surface area contributed by atoms with E-state index in [2.05, 4.69) is 5.32 Å². The maximum absolute atomic E-state index is 12.4. The largest absolute Gasteiger partial charge is 0.416 e. The van der Waals surface area contributed by atoms with Gasteiger partial charge in [-0.15, -0.1) is 0 Å². The Morgan fingerprint density at radius 1 is 1.30 bits per heavy atom. The van der Waals surface area contributed by atoms with Crippen LogP contribution in [0.1, 0.15) is 30.9 Å². The van der Waals surface area contributed by atoms with Gasteiger partial charge in [-0.05, 0) is 44.0 Å². The number of halogens is 3. The minimum Gasteiger partial charge on any atom is -0.353 e. The summed E-state index contributed by atoms with van der Waals surface area (Å²) in [6, 6.07) is 4.85. The molecule has 6 heteroatoms. The molecule has 1 atom stereocenters. The fraction of sp³-hybridized carbons (Fsp3) is 0.500. The molecule has 1 aromatic rings. The van der Waals surface area contributed by atoms with Gasteiger partial charge in [0, 0.05) is 12.5 Å². The number of carbonyl (C=O) groups excluding carboxylic acids is 1. The molecule has 3 nitrogen and oxygen atoms in total. The minimum absolute atomic E-state index is 0.0881. The summed E-state index contributed by atoms with van der Waals surface area (Å²) in [5.41, 5.74) is 5.40. The van der Waals surface area contributed by atoms with Crippen molar-refractivity contribution in [2.24, 2.45) is 5.73 Å². The molecule has 1 unspecified atom stereocenters. The van der Waals surface area contributed by atoms with Crippen LogP contribution in [0.25, 0.3) is 0 Å². The first-order valence-corrected chi connectivity index (χ1v) is 6.48. The molecule has 0 aliphatic rings. The zero-order valence-corrected chi connectivity index (χ0v) is 11.3. The quantitative estimate of drug-likeness (QED) is 0.845. The Morgan fingerprint density at radius 2 is 1.90 bits per heavy atom. The Labute approximate surface area is 116 Å². The van der Waals surface area contributed by atoms with Gasteiger partial charge in [0.25, 0.3) is 0 Å². The number of nitrogens with one attached hydrogen (secondary N) is 1. The van der Waals surface area contributed by atoms with Gasteiger partial charge in [-0.25, -0.2) is 0 Å². The summed E-state index contributed by atoms with van der Waals surface area (Å²) in [6.45, 7) is 2.28. The van der Waals surface area contributed by atoms with Crippen molar-refractivity contribution in [1.82, 2.24) is 5.32 Å². The lowest BCUT2D eigenvalue weighted by atomic mass is 10.0. The number of amides is 1. The van der Waals surface area contributed by atoms with Gasteiger partial charge in [0.15, 0.2) is 0 Å². The molecule has 0 aromatic heterocycles. The normalized spacial score (nSPS) is 13.1. The van der Waals surface area contributed by atoms with Crippen molar-refractivity contribution >= 4 is 5.91 Å². The first-order chi connectivity index (χ1) is 9.32. The maximum atomic E-state index is 12.4. The summed E-state index contributed by atoms with van der Waals surface area (Å²) < 4.78 is 37.2. The second-order valence-electron chi connectivity index (χ2n) is 4.76. The molecule has 0 heterocycles. The Hall–Kier alpha value is -1.56. The van der Waals surface area contributed by atoms with Crippen LogP contribution in [0, 0.1) is 0 Å². The summed E-state index contributed by atoms with van der Waals surface area (Å²) in [4.78, 5) is 11.5. The Bertz CT molecular complexity index is 429. The van der Waals surface area contributed by atoms with E-state index in [-0.39, 0.29) is 11.9 Å². The van der Waals surface area contributed by atoms with E-state index in [9.17, 15) is 18.0 Å². The summed E-state index contributed by atoms with van der Waals surface area (Å²) in [6.07, 6.45) is -2.83. The monoisotopic (exact) mass is 288 g/mol. The number of rotatable bonds is 6. The van der Waals surface area contributed by atoms with Gasteiger partial charge in [-0.3, -0.25) is 4.79 Å². The van der Waals surface area contributed by atoms with Crippen molar-refractivity contribution in [3.8, 4) is 0 Å². The number of hydrogen-bond donors (Lipinski definition) is 2. The second kappa shape index (κ2) is 7.28. The second-order valence-corrected chi connectivity index (χ2v) is 4.76. The molecular formula is C14H19F3N2O. The van der Waals surface area contributed by atoms with E-state index in [0.717, 1.165) is 17.7 Å². The summed E-state index contributed by atoms with van der Waals surface area (Å²) in [5, 5.41) is 2.79. The third-order valence-electron chi connectivity index (χ3n) is 2.84. The van der Waals surface area contributed by atoms with Gasteiger partial charge in [-0.2, -0.15) is 13.2 Å². The molecule has 0 bridgehead atoms. The highest BCUT2D eigenvalue weighted by Crippen LogP contribution is 2.29. The van der Waals surface area contributed by atoms with Gasteiger partial charge in [0.1, 0.15) is 0 Å². The van der Waals surface area contributed by atoms with Gasteiger partial charge < -0.3 is 11.1 Å². The van der Waals surface area contributed by atoms with E-state index in [0.29, 0.717) is 25.8 Å². The van der Waals surface area contributed by atoms with Crippen LogP contribution in [-0.2, 0) is 17.4 Å². The topological polar surface area (TPSA) is 55.1 Å². The van der Waals surface area contributed by atoms with E-state index in [1.807, 2.05) is 6.92 Å². The van der Waals surface area contributed by atoms with Crippen molar-refractivity contribution < 1.29 is 18.0 Å². The highest BCUT2D eigenvalue weighted by Gasteiger charge is 2.29. The van der Waals surface area contributed by atoms with Crippen LogP contribution in [0.4, 0.5) is 13.2 Å². The van der Waals surface area contributed by atoms with Crippen LogP contribution in [0.3, 0.4) is 0 Å². The van der Waals surface area contributed by atoms with Crippen LogP contribution in [0.5, 0.6) is 0 Å². The zero-order chi connectivity index (χ0) is 15.2. The first-order valence-electron chi connectivity index (χ1n) is 6.48. The standard InChI is InChI=1S/C14H19F3N2O/c1-10(19-13(20)3-2-8-18)9-11-4-6-12(7-5-11)14(15,16)17/h4-7,10H,2-3,8-9,18H2,1H3,(H,19,20). The predicted octanol–water partition coefficient (Wildman–Crippen LogP) is 2.49. The summed E-state index contributed by atoms with van der Waals surface area (Å²) >= 11 is 0. The van der Waals surface area contributed by atoms with Crippen molar-refractivity contribution in [1.29, 1.82) is 0 Å². The molecule has 0 saturated heterocycles. The Morgan fingerprint density at radius 3 is 2.40 bits per heavy atom. The molecule has 0 fully saturated rings. The summed E-state index contributed by atoms with van der Waals surface area (Å²) in [7, 11) is 0. The van der Waals surface area contributed by atoms with Crippen LogP contribution < -0.4 is 11.1 Å². The molecule has 0 aliphatic carbocycles. The van der Waals surface area contributed by atoms with Gasteiger partial charge in [0.05, 0.1) is 5.56 Å². The van der Waals surface area contributed by atoms with E-state index in [1.54, 1.807) is 0 Å². The van der Waals surface area contributed by atoms with E-state index >= 15 is 0 Å². The number of nitrogens with two attached hydrogens (primary N) is 1. The maximum Gasteiger partial charge on any atom is 0.416 e. The van der Waals surface area contributed by atoms with Gasteiger partial charge in [-0.1, -0.05) is 12.1 Å². The predicted molar refractivity (Wildman–Crippen MR) is 71.0 cm³/mol. The van der Waals surface area contributed by atoms with Gasteiger partial charge >= 0.3 is 6.18 Å². The number of benzene rings is 1. The molecule has 20 heavy (non-hydrogen) atoms. The van der Waals surface area contributed by atoms with Crippen LogP contribution in [0.2, 0.25) is 0 Å². The highest BCUT2D eigenvalue weighted by molar-refractivity contribution is 5.76. The third kappa shape index (κ3) is 5.61. The number of alkyl halides is 3. The SMILES string of the molecule is CC(Cc1ccc(C(F)(F)F)cc1)NC(=O)CCCN.